The van der Waals surface area contributed by atoms with E-state index in [1.165, 1.54) is 4.88 Å². The van der Waals surface area contributed by atoms with Gasteiger partial charge in [0.1, 0.15) is 28.0 Å². The van der Waals surface area contributed by atoms with Crippen LogP contribution in [0.3, 0.4) is 0 Å². The predicted molar refractivity (Wildman–Crippen MR) is 109 cm³/mol. The third kappa shape index (κ3) is 3.39. The van der Waals surface area contributed by atoms with Crippen LogP contribution in [0.25, 0.3) is 10.5 Å². The number of hydrogen-bond donors (Lipinski definition) is 1. The van der Waals surface area contributed by atoms with Crippen LogP contribution in [-0.2, 0) is 0 Å². The number of pyridine rings is 1. The van der Waals surface area contributed by atoms with Crippen LogP contribution in [0.2, 0.25) is 5.02 Å². The second-order valence-corrected chi connectivity index (χ2v) is 8.83. The number of imidazole rings is 1. The summed E-state index contributed by atoms with van der Waals surface area (Å²) < 4.78 is 9.06. The number of hydrogen-bond acceptors (Lipinski definition) is 7. The van der Waals surface area contributed by atoms with E-state index in [4.69, 9.17) is 16.3 Å². The van der Waals surface area contributed by atoms with Crippen molar-refractivity contribution in [1.82, 2.24) is 29.4 Å². The largest absolute Gasteiger partial charge is 0.474 e. The zero-order valence-corrected chi connectivity index (χ0v) is 17.4. The molecule has 0 aliphatic heterocycles. The molecule has 1 saturated carbocycles. The van der Waals surface area contributed by atoms with E-state index in [9.17, 15) is 5.11 Å². The van der Waals surface area contributed by atoms with Gasteiger partial charge in [0.05, 0.1) is 36.1 Å². The number of aromatic nitrogens is 6. The van der Waals surface area contributed by atoms with Crippen LogP contribution in [0.4, 0.5) is 0 Å². The standard InChI is InChI=1S/C19H19ClN6O2S/c1-10(2)28-19-13(20)5-12(6-22-19)26-8-14(23-24-26)17(27)16-18(11-3-4-11)29-15-7-21-9-25(15)16/h5-11,17,27H,3-4H2,1-2H3. The Labute approximate surface area is 175 Å². The van der Waals surface area contributed by atoms with Gasteiger partial charge in [-0.25, -0.2) is 14.6 Å². The molecule has 1 N–H and O–H groups in total. The van der Waals surface area contributed by atoms with Gasteiger partial charge in [0.25, 0.3) is 0 Å². The van der Waals surface area contributed by atoms with Gasteiger partial charge >= 0.3 is 0 Å². The van der Waals surface area contributed by atoms with Gasteiger partial charge < -0.3 is 9.84 Å². The van der Waals surface area contributed by atoms with Crippen LogP contribution >= 0.6 is 22.9 Å². The molecule has 10 heteroatoms. The summed E-state index contributed by atoms with van der Waals surface area (Å²) in [5.41, 5.74) is 1.92. The summed E-state index contributed by atoms with van der Waals surface area (Å²) in [5.74, 6) is 0.886. The van der Waals surface area contributed by atoms with Crippen LogP contribution in [0.1, 0.15) is 55.0 Å². The molecule has 4 heterocycles. The normalized spacial score (nSPS) is 15.3. The van der Waals surface area contributed by atoms with E-state index < -0.39 is 6.10 Å². The first-order chi connectivity index (χ1) is 14.0. The number of rotatable bonds is 6. The van der Waals surface area contributed by atoms with Gasteiger partial charge in [0.2, 0.25) is 5.88 Å². The SMILES string of the molecule is CC(C)Oc1ncc(-n2cc(C(O)c3c(C4CC4)sc4cncn34)nn2)cc1Cl. The Morgan fingerprint density at radius 1 is 1.31 bits per heavy atom. The fourth-order valence-corrected chi connectivity index (χ4v) is 4.75. The lowest BCUT2D eigenvalue weighted by atomic mass is 10.1. The van der Waals surface area contributed by atoms with Crippen molar-refractivity contribution in [2.75, 3.05) is 0 Å². The number of halogens is 1. The summed E-state index contributed by atoms with van der Waals surface area (Å²) in [5, 5.41) is 19.8. The molecule has 1 fully saturated rings. The highest BCUT2D eigenvalue weighted by atomic mass is 35.5. The van der Waals surface area contributed by atoms with Gasteiger partial charge in [-0.1, -0.05) is 16.8 Å². The molecule has 0 bridgehead atoms. The van der Waals surface area contributed by atoms with E-state index in [0.29, 0.717) is 28.2 Å². The average Bonchev–Trinajstić information content (AvgIpc) is 3.10. The summed E-state index contributed by atoms with van der Waals surface area (Å²) in [6.07, 6.45) is 8.24. The summed E-state index contributed by atoms with van der Waals surface area (Å²) in [6, 6.07) is 1.71. The molecule has 0 radical (unpaired) electrons. The van der Waals surface area contributed by atoms with Crippen LogP contribution in [0.5, 0.6) is 5.88 Å². The third-order valence-electron chi connectivity index (χ3n) is 4.73. The molecule has 0 spiro atoms. The summed E-state index contributed by atoms with van der Waals surface area (Å²) in [4.78, 5) is 10.7. The number of aliphatic hydroxyl groups is 1. The van der Waals surface area contributed by atoms with Crippen molar-refractivity contribution >= 4 is 27.8 Å². The first-order valence-corrected chi connectivity index (χ1v) is 10.6. The molecular formula is C19H19ClN6O2S. The average molecular weight is 431 g/mol. The van der Waals surface area contributed by atoms with Crippen molar-refractivity contribution in [3.8, 4) is 11.6 Å². The second-order valence-electron chi connectivity index (χ2n) is 7.37. The van der Waals surface area contributed by atoms with Crippen molar-refractivity contribution in [2.45, 2.75) is 44.8 Å². The zero-order valence-electron chi connectivity index (χ0n) is 15.9. The van der Waals surface area contributed by atoms with Crippen molar-refractivity contribution < 1.29 is 9.84 Å². The molecule has 4 aromatic heterocycles. The van der Waals surface area contributed by atoms with Crippen LogP contribution in [0, 0.1) is 0 Å². The molecule has 4 aromatic rings. The molecule has 1 atom stereocenters. The maximum Gasteiger partial charge on any atom is 0.232 e. The Bertz CT molecular complexity index is 1180. The molecule has 1 unspecified atom stereocenters. The van der Waals surface area contributed by atoms with Gasteiger partial charge in [-0.05, 0) is 38.7 Å². The molecule has 150 valence electrons. The summed E-state index contributed by atoms with van der Waals surface area (Å²) in [6.45, 7) is 3.82. The maximum absolute atomic E-state index is 11.1. The number of aliphatic hydroxyl groups excluding tert-OH is 1. The fraction of sp³-hybridized carbons (Fsp3) is 0.368. The second kappa shape index (κ2) is 7.08. The van der Waals surface area contributed by atoms with E-state index in [1.54, 1.807) is 40.8 Å². The zero-order chi connectivity index (χ0) is 20.1. The molecular weight excluding hydrogens is 412 g/mol. The van der Waals surface area contributed by atoms with Crippen molar-refractivity contribution in [3.05, 3.63) is 52.3 Å². The summed E-state index contributed by atoms with van der Waals surface area (Å²) >= 11 is 7.96. The number of fused-ring (bicyclic) bond motifs is 1. The first-order valence-electron chi connectivity index (χ1n) is 9.38. The van der Waals surface area contributed by atoms with Gasteiger partial charge in [-0.15, -0.1) is 16.4 Å². The topological polar surface area (TPSA) is 90.4 Å². The Morgan fingerprint density at radius 2 is 2.14 bits per heavy atom. The Kier molecular flexibility index (Phi) is 4.53. The molecule has 0 aromatic carbocycles. The minimum Gasteiger partial charge on any atom is -0.474 e. The molecule has 8 nitrogen and oxygen atoms in total. The van der Waals surface area contributed by atoms with E-state index in [2.05, 4.69) is 20.3 Å². The van der Waals surface area contributed by atoms with Crippen molar-refractivity contribution in [1.29, 1.82) is 0 Å². The predicted octanol–water partition coefficient (Wildman–Crippen LogP) is 3.77. The minimum absolute atomic E-state index is 0.0229. The smallest absolute Gasteiger partial charge is 0.232 e. The quantitative estimate of drug-likeness (QED) is 0.500. The van der Waals surface area contributed by atoms with Gasteiger partial charge in [0, 0.05) is 4.88 Å². The summed E-state index contributed by atoms with van der Waals surface area (Å²) in [7, 11) is 0. The van der Waals surface area contributed by atoms with Gasteiger partial charge in [0.15, 0.2) is 0 Å². The number of ether oxygens (including phenoxy) is 1. The van der Waals surface area contributed by atoms with E-state index in [-0.39, 0.29) is 6.10 Å². The highest BCUT2D eigenvalue weighted by Gasteiger charge is 2.33. The molecule has 1 aliphatic rings. The lowest BCUT2D eigenvalue weighted by Crippen LogP contribution is -2.08. The minimum atomic E-state index is -0.894. The van der Waals surface area contributed by atoms with E-state index >= 15 is 0 Å². The molecule has 0 saturated heterocycles. The lowest BCUT2D eigenvalue weighted by molar-refractivity contribution is 0.208. The maximum atomic E-state index is 11.1. The first kappa shape index (κ1) is 18.5. The van der Waals surface area contributed by atoms with Gasteiger partial charge in [-0.3, -0.25) is 4.40 Å². The molecule has 0 amide bonds. The Hall–Kier alpha value is -2.49. The van der Waals surface area contributed by atoms with Crippen molar-refractivity contribution in [2.24, 2.45) is 0 Å². The lowest BCUT2D eigenvalue weighted by Gasteiger charge is -2.11. The monoisotopic (exact) mass is 430 g/mol. The van der Waals surface area contributed by atoms with Crippen LogP contribution in [-0.4, -0.2) is 40.6 Å². The van der Waals surface area contributed by atoms with Crippen LogP contribution < -0.4 is 4.74 Å². The van der Waals surface area contributed by atoms with Gasteiger partial charge in [-0.2, -0.15) is 0 Å². The van der Waals surface area contributed by atoms with Crippen LogP contribution in [0.15, 0.2) is 31.0 Å². The molecule has 1 aliphatic carbocycles. The Balaban J connectivity index is 1.47. The van der Waals surface area contributed by atoms with E-state index in [1.807, 2.05) is 24.4 Å². The highest BCUT2D eigenvalue weighted by molar-refractivity contribution is 7.17. The molecule has 29 heavy (non-hydrogen) atoms. The molecule has 5 rings (SSSR count). The Morgan fingerprint density at radius 3 is 2.86 bits per heavy atom. The number of nitrogens with zero attached hydrogens (tertiary/aromatic N) is 6. The highest BCUT2D eigenvalue weighted by Crippen LogP contribution is 2.47. The third-order valence-corrected chi connectivity index (χ3v) is 6.28. The fourth-order valence-electron chi connectivity index (χ4n) is 3.25. The van der Waals surface area contributed by atoms with E-state index in [0.717, 1.165) is 23.4 Å². The van der Waals surface area contributed by atoms with Crippen molar-refractivity contribution in [3.63, 3.8) is 0 Å². The number of thiazole rings is 1.